The number of halogens is 1. The molecule has 2 aromatic carbocycles. The SMILES string of the molecule is O=C(CCC(=O)Nc1cccc(Cl)c1)NN=Cc1ccccc1. The van der Waals surface area contributed by atoms with E-state index in [1.165, 1.54) is 0 Å². The molecule has 0 saturated carbocycles. The van der Waals surface area contributed by atoms with E-state index >= 15 is 0 Å². The molecule has 2 amide bonds. The summed E-state index contributed by atoms with van der Waals surface area (Å²) in [6, 6.07) is 16.2. The lowest BCUT2D eigenvalue weighted by molar-refractivity contribution is -0.124. The third-order valence-corrected chi connectivity index (χ3v) is 3.13. The fourth-order valence-electron chi connectivity index (χ4n) is 1.79. The Hall–Kier alpha value is -2.66. The van der Waals surface area contributed by atoms with Crippen molar-refractivity contribution in [3.05, 3.63) is 65.2 Å². The van der Waals surface area contributed by atoms with Crippen LogP contribution in [-0.4, -0.2) is 18.0 Å². The third-order valence-electron chi connectivity index (χ3n) is 2.89. The van der Waals surface area contributed by atoms with Crippen LogP contribution in [0.2, 0.25) is 5.02 Å². The van der Waals surface area contributed by atoms with Gasteiger partial charge in [0, 0.05) is 23.6 Å². The first-order valence-electron chi connectivity index (χ1n) is 7.06. The molecule has 2 rings (SSSR count). The molecule has 0 aliphatic rings. The largest absolute Gasteiger partial charge is 0.326 e. The summed E-state index contributed by atoms with van der Waals surface area (Å²) < 4.78 is 0. The van der Waals surface area contributed by atoms with Gasteiger partial charge in [0.25, 0.3) is 0 Å². The van der Waals surface area contributed by atoms with Gasteiger partial charge in [-0.3, -0.25) is 9.59 Å². The first-order valence-corrected chi connectivity index (χ1v) is 7.43. The van der Waals surface area contributed by atoms with Crippen LogP contribution in [0.5, 0.6) is 0 Å². The van der Waals surface area contributed by atoms with Gasteiger partial charge in [0.15, 0.2) is 0 Å². The molecule has 0 unspecified atom stereocenters. The van der Waals surface area contributed by atoms with Crippen molar-refractivity contribution in [3.63, 3.8) is 0 Å². The summed E-state index contributed by atoms with van der Waals surface area (Å²) in [4.78, 5) is 23.4. The Morgan fingerprint density at radius 3 is 2.48 bits per heavy atom. The highest BCUT2D eigenvalue weighted by Crippen LogP contribution is 2.15. The van der Waals surface area contributed by atoms with Gasteiger partial charge in [-0.15, -0.1) is 0 Å². The third kappa shape index (κ3) is 6.32. The van der Waals surface area contributed by atoms with Crippen molar-refractivity contribution in [2.75, 3.05) is 5.32 Å². The molecule has 0 aromatic heterocycles. The van der Waals surface area contributed by atoms with Crippen molar-refractivity contribution in [1.82, 2.24) is 5.43 Å². The first-order chi connectivity index (χ1) is 11.1. The molecular formula is C17H16ClN3O2. The second-order valence-corrected chi connectivity index (χ2v) is 5.20. The van der Waals surface area contributed by atoms with Crippen molar-refractivity contribution in [1.29, 1.82) is 0 Å². The van der Waals surface area contributed by atoms with Crippen LogP contribution in [0.25, 0.3) is 0 Å². The maximum atomic E-state index is 11.8. The molecular weight excluding hydrogens is 314 g/mol. The molecule has 2 N–H and O–H groups in total. The topological polar surface area (TPSA) is 70.6 Å². The lowest BCUT2D eigenvalue weighted by Gasteiger charge is -2.05. The quantitative estimate of drug-likeness (QED) is 0.631. The fourth-order valence-corrected chi connectivity index (χ4v) is 1.98. The van der Waals surface area contributed by atoms with Crippen LogP contribution in [0.4, 0.5) is 5.69 Å². The molecule has 0 spiro atoms. The molecule has 5 nitrogen and oxygen atoms in total. The zero-order valence-electron chi connectivity index (χ0n) is 12.3. The van der Waals surface area contributed by atoms with Crippen LogP contribution < -0.4 is 10.7 Å². The average Bonchev–Trinajstić information content (AvgIpc) is 2.54. The van der Waals surface area contributed by atoms with E-state index in [2.05, 4.69) is 15.8 Å². The van der Waals surface area contributed by atoms with Gasteiger partial charge in [0.1, 0.15) is 0 Å². The zero-order valence-corrected chi connectivity index (χ0v) is 13.1. The highest BCUT2D eigenvalue weighted by molar-refractivity contribution is 6.30. The van der Waals surface area contributed by atoms with Crippen molar-refractivity contribution in [3.8, 4) is 0 Å². The van der Waals surface area contributed by atoms with E-state index < -0.39 is 0 Å². The van der Waals surface area contributed by atoms with Gasteiger partial charge >= 0.3 is 0 Å². The molecule has 0 atom stereocenters. The molecule has 0 bridgehead atoms. The van der Waals surface area contributed by atoms with Gasteiger partial charge < -0.3 is 5.32 Å². The number of benzene rings is 2. The first kappa shape index (κ1) is 16.7. The summed E-state index contributed by atoms with van der Waals surface area (Å²) >= 11 is 5.83. The van der Waals surface area contributed by atoms with Crippen molar-refractivity contribution < 1.29 is 9.59 Å². The van der Waals surface area contributed by atoms with E-state index in [4.69, 9.17) is 11.6 Å². The molecule has 6 heteroatoms. The second kappa shape index (κ2) is 8.70. The number of hydrogen-bond acceptors (Lipinski definition) is 3. The summed E-state index contributed by atoms with van der Waals surface area (Å²) in [5, 5.41) is 7.06. The lowest BCUT2D eigenvalue weighted by atomic mass is 10.2. The molecule has 23 heavy (non-hydrogen) atoms. The lowest BCUT2D eigenvalue weighted by Crippen LogP contribution is -2.20. The van der Waals surface area contributed by atoms with E-state index in [1.807, 2.05) is 30.3 Å². The zero-order chi connectivity index (χ0) is 16.5. The average molecular weight is 330 g/mol. The van der Waals surface area contributed by atoms with E-state index in [9.17, 15) is 9.59 Å². The Morgan fingerprint density at radius 1 is 1.00 bits per heavy atom. The van der Waals surface area contributed by atoms with Gasteiger partial charge in [0.2, 0.25) is 11.8 Å². The normalized spacial score (nSPS) is 10.5. The Bertz CT molecular complexity index is 702. The molecule has 0 aliphatic carbocycles. The minimum atomic E-state index is -0.321. The molecule has 0 heterocycles. The smallest absolute Gasteiger partial charge is 0.240 e. The molecule has 0 aliphatic heterocycles. The van der Waals surface area contributed by atoms with Crippen LogP contribution in [0.1, 0.15) is 18.4 Å². The summed E-state index contributed by atoms with van der Waals surface area (Å²) in [5.74, 6) is -0.576. The Kier molecular flexibility index (Phi) is 6.32. The number of nitrogens with zero attached hydrogens (tertiary/aromatic N) is 1. The molecule has 0 radical (unpaired) electrons. The number of carbonyl (C=O) groups is 2. The standard InChI is InChI=1S/C17H16ClN3O2/c18-14-7-4-8-15(11-14)20-16(22)9-10-17(23)21-19-12-13-5-2-1-3-6-13/h1-8,11-12H,9-10H2,(H,20,22)(H,21,23). The Balaban J connectivity index is 1.71. The molecule has 0 fully saturated rings. The van der Waals surface area contributed by atoms with Gasteiger partial charge in [-0.2, -0.15) is 5.10 Å². The van der Waals surface area contributed by atoms with Gasteiger partial charge in [-0.25, -0.2) is 5.43 Å². The van der Waals surface area contributed by atoms with Gasteiger partial charge in [-0.05, 0) is 23.8 Å². The van der Waals surface area contributed by atoms with Crippen molar-refractivity contribution >= 4 is 35.3 Å². The van der Waals surface area contributed by atoms with Gasteiger partial charge in [0.05, 0.1) is 6.21 Å². The summed E-state index contributed by atoms with van der Waals surface area (Å²) in [5.41, 5.74) is 3.87. The number of anilines is 1. The molecule has 0 saturated heterocycles. The van der Waals surface area contributed by atoms with Crippen LogP contribution >= 0.6 is 11.6 Å². The van der Waals surface area contributed by atoms with Crippen molar-refractivity contribution in [2.45, 2.75) is 12.8 Å². The number of hydrazone groups is 1. The monoisotopic (exact) mass is 329 g/mol. The van der Waals surface area contributed by atoms with Crippen LogP contribution in [0.15, 0.2) is 59.7 Å². The highest BCUT2D eigenvalue weighted by Gasteiger charge is 2.06. The molecule has 2 aromatic rings. The highest BCUT2D eigenvalue weighted by atomic mass is 35.5. The van der Waals surface area contributed by atoms with Crippen LogP contribution in [0.3, 0.4) is 0 Å². The van der Waals surface area contributed by atoms with Crippen LogP contribution in [0, 0.1) is 0 Å². The molecule has 118 valence electrons. The maximum absolute atomic E-state index is 11.8. The fraction of sp³-hybridized carbons (Fsp3) is 0.118. The van der Waals surface area contributed by atoms with Crippen molar-refractivity contribution in [2.24, 2.45) is 5.10 Å². The number of nitrogens with one attached hydrogen (secondary N) is 2. The summed E-state index contributed by atoms with van der Waals surface area (Å²) in [7, 11) is 0. The van der Waals surface area contributed by atoms with Gasteiger partial charge in [-0.1, -0.05) is 48.0 Å². The number of rotatable bonds is 6. The van der Waals surface area contributed by atoms with E-state index in [1.54, 1.807) is 30.5 Å². The minimum absolute atomic E-state index is 0.0541. The predicted octanol–water partition coefficient (Wildman–Crippen LogP) is 3.21. The summed E-state index contributed by atoms with van der Waals surface area (Å²) in [6.07, 6.45) is 1.67. The second-order valence-electron chi connectivity index (χ2n) is 4.76. The minimum Gasteiger partial charge on any atom is -0.326 e. The number of hydrogen-bond donors (Lipinski definition) is 2. The Labute approximate surface area is 139 Å². The predicted molar refractivity (Wildman–Crippen MR) is 91.5 cm³/mol. The Morgan fingerprint density at radius 2 is 1.74 bits per heavy atom. The maximum Gasteiger partial charge on any atom is 0.240 e. The van der Waals surface area contributed by atoms with E-state index in [0.717, 1.165) is 5.56 Å². The summed E-state index contributed by atoms with van der Waals surface area (Å²) in [6.45, 7) is 0. The van der Waals surface area contributed by atoms with Crippen LogP contribution in [-0.2, 0) is 9.59 Å². The van der Waals surface area contributed by atoms with E-state index in [0.29, 0.717) is 10.7 Å². The van der Waals surface area contributed by atoms with E-state index in [-0.39, 0.29) is 24.7 Å². The number of amides is 2. The number of carbonyl (C=O) groups excluding carboxylic acids is 2.